The number of hydrogen-bond acceptors (Lipinski definition) is 2. The zero-order valence-corrected chi connectivity index (χ0v) is 15.9. The van der Waals surface area contributed by atoms with E-state index in [4.69, 9.17) is 0 Å². The predicted molar refractivity (Wildman–Crippen MR) is 111 cm³/mol. The Labute approximate surface area is 165 Å². The summed E-state index contributed by atoms with van der Waals surface area (Å²) in [6, 6.07) is 24.6. The minimum absolute atomic E-state index is 0.0472. The Hall–Kier alpha value is -2.98. The number of piperazine rings is 1. The molecule has 0 aromatic heterocycles. The molecule has 1 heterocycles. The van der Waals surface area contributed by atoms with Gasteiger partial charge in [-0.3, -0.25) is 9.69 Å². The number of carbonyl (C=O) groups excluding carboxylic acids is 1. The van der Waals surface area contributed by atoms with Gasteiger partial charge in [-0.15, -0.1) is 0 Å². The quantitative estimate of drug-likeness (QED) is 0.659. The highest BCUT2D eigenvalue weighted by Crippen LogP contribution is 2.32. The standard InChI is InChI=1S/C24H23FN2O/c1-18-24(28)27(16-15-26(18)17-20-11-5-7-13-22(20)25)23-14-8-6-12-21(23)19-9-3-2-4-10-19/h2-14,18H,15-17H2,1H3. The number of hydrogen-bond donors (Lipinski definition) is 0. The van der Waals surface area contributed by atoms with E-state index in [0.29, 0.717) is 25.2 Å². The molecule has 1 aliphatic heterocycles. The SMILES string of the molecule is CC1C(=O)N(c2ccccc2-c2ccccc2)CCN1Cc1ccccc1F. The van der Waals surface area contributed by atoms with E-state index in [-0.39, 0.29) is 17.8 Å². The number of benzene rings is 3. The summed E-state index contributed by atoms with van der Waals surface area (Å²) in [4.78, 5) is 17.1. The molecule has 3 aromatic carbocycles. The van der Waals surface area contributed by atoms with Gasteiger partial charge in [-0.25, -0.2) is 4.39 Å². The molecule has 0 N–H and O–H groups in total. The summed E-state index contributed by atoms with van der Waals surface area (Å²) in [7, 11) is 0. The van der Waals surface area contributed by atoms with E-state index in [1.54, 1.807) is 12.1 Å². The van der Waals surface area contributed by atoms with Crippen molar-refractivity contribution in [1.82, 2.24) is 4.90 Å². The normalized spacial score (nSPS) is 17.7. The minimum Gasteiger partial charge on any atom is -0.309 e. The summed E-state index contributed by atoms with van der Waals surface area (Å²) >= 11 is 0. The van der Waals surface area contributed by atoms with E-state index < -0.39 is 0 Å². The maximum atomic E-state index is 14.0. The molecule has 0 aliphatic carbocycles. The van der Waals surface area contributed by atoms with Crippen LogP contribution in [0, 0.1) is 5.82 Å². The number of para-hydroxylation sites is 1. The van der Waals surface area contributed by atoms with E-state index in [2.05, 4.69) is 12.1 Å². The van der Waals surface area contributed by atoms with Gasteiger partial charge < -0.3 is 4.90 Å². The van der Waals surface area contributed by atoms with Crippen LogP contribution >= 0.6 is 0 Å². The Morgan fingerprint density at radius 2 is 1.57 bits per heavy atom. The first-order valence-electron chi connectivity index (χ1n) is 9.58. The number of rotatable bonds is 4. The van der Waals surface area contributed by atoms with Crippen molar-refractivity contribution in [3.05, 3.63) is 90.2 Å². The monoisotopic (exact) mass is 374 g/mol. The lowest BCUT2D eigenvalue weighted by molar-refractivity contribution is -0.125. The van der Waals surface area contributed by atoms with Gasteiger partial charge in [-0.05, 0) is 24.6 Å². The van der Waals surface area contributed by atoms with Crippen LogP contribution in [0.15, 0.2) is 78.9 Å². The van der Waals surface area contributed by atoms with E-state index in [9.17, 15) is 9.18 Å². The Morgan fingerprint density at radius 3 is 2.36 bits per heavy atom. The van der Waals surface area contributed by atoms with Gasteiger partial charge in [0.05, 0.1) is 11.7 Å². The van der Waals surface area contributed by atoms with Crippen molar-refractivity contribution in [3.8, 4) is 11.1 Å². The van der Waals surface area contributed by atoms with Crippen molar-refractivity contribution in [2.24, 2.45) is 0 Å². The molecule has 1 unspecified atom stereocenters. The van der Waals surface area contributed by atoms with Gasteiger partial charge in [0.1, 0.15) is 5.82 Å². The fourth-order valence-electron chi connectivity index (χ4n) is 3.79. The first-order valence-corrected chi connectivity index (χ1v) is 9.58. The average molecular weight is 374 g/mol. The fourth-order valence-corrected chi connectivity index (χ4v) is 3.79. The van der Waals surface area contributed by atoms with Crippen molar-refractivity contribution >= 4 is 11.6 Å². The van der Waals surface area contributed by atoms with E-state index >= 15 is 0 Å². The zero-order valence-electron chi connectivity index (χ0n) is 15.9. The minimum atomic E-state index is -0.308. The molecule has 142 valence electrons. The largest absolute Gasteiger partial charge is 0.309 e. The Bertz CT molecular complexity index is 973. The van der Waals surface area contributed by atoms with Crippen LogP contribution in [-0.2, 0) is 11.3 Å². The highest BCUT2D eigenvalue weighted by molar-refractivity contribution is 6.01. The average Bonchev–Trinajstić information content (AvgIpc) is 2.74. The van der Waals surface area contributed by atoms with Crippen molar-refractivity contribution in [1.29, 1.82) is 0 Å². The molecule has 0 bridgehead atoms. The molecule has 4 rings (SSSR count). The smallest absolute Gasteiger partial charge is 0.244 e. The molecule has 4 heteroatoms. The molecule has 1 saturated heterocycles. The maximum Gasteiger partial charge on any atom is 0.244 e. The van der Waals surface area contributed by atoms with Crippen LogP contribution in [0.3, 0.4) is 0 Å². The lowest BCUT2D eigenvalue weighted by Crippen LogP contribution is -2.55. The number of anilines is 1. The van der Waals surface area contributed by atoms with Crippen LogP contribution in [0.5, 0.6) is 0 Å². The molecule has 3 aromatic rings. The van der Waals surface area contributed by atoms with Gasteiger partial charge in [0.15, 0.2) is 0 Å². The van der Waals surface area contributed by atoms with Gasteiger partial charge in [-0.2, -0.15) is 0 Å². The van der Waals surface area contributed by atoms with E-state index in [0.717, 1.165) is 16.8 Å². The van der Waals surface area contributed by atoms with Gasteiger partial charge in [0.25, 0.3) is 0 Å². The van der Waals surface area contributed by atoms with Gasteiger partial charge in [0, 0.05) is 30.8 Å². The van der Waals surface area contributed by atoms with Crippen molar-refractivity contribution in [3.63, 3.8) is 0 Å². The molecule has 1 amide bonds. The summed E-state index contributed by atoms with van der Waals surface area (Å²) in [5, 5.41) is 0. The summed E-state index contributed by atoms with van der Waals surface area (Å²) in [6.07, 6.45) is 0. The van der Waals surface area contributed by atoms with Gasteiger partial charge in [-0.1, -0.05) is 66.7 Å². The van der Waals surface area contributed by atoms with Crippen molar-refractivity contribution < 1.29 is 9.18 Å². The molecular weight excluding hydrogens is 351 g/mol. The van der Waals surface area contributed by atoms with Crippen molar-refractivity contribution in [2.75, 3.05) is 18.0 Å². The molecule has 0 radical (unpaired) electrons. The number of carbonyl (C=O) groups is 1. The Kier molecular flexibility index (Phi) is 5.22. The van der Waals surface area contributed by atoms with Crippen LogP contribution < -0.4 is 4.90 Å². The highest BCUT2D eigenvalue weighted by atomic mass is 19.1. The summed E-state index contributed by atoms with van der Waals surface area (Å²) in [5.74, 6) is -0.176. The fraction of sp³-hybridized carbons (Fsp3) is 0.208. The van der Waals surface area contributed by atoms with Crippen molar-refractivity contribution in [2.45, 2.75) is 19.5 Å². The zero-order chi connectivity index (χ0) is 19.5. The Morgan fingerprint density at radius 1 is 0.893 bits per heavy atom. The maximum absolute atomic E-state index is 14.0. The molecule has 1 fully saturated rings. The lowest BCUT2D eigenvalue weighted by Gasteiger charge is -2.39. The second-order valence-electron chi connectivity index (χ2n) is 7.11. The second kappa shape index (κ2) is 7.95. The number of nitrogens with zero attached hydrogens (tertiary/aromatic N) is 2. The summed E-state index contributed by atoms with van der Waals surface area (Å²) < 4.78 is 14.0. The number of halogens is 1. The number of amides is 1. The molecule has 3 nitrogen and oxygen atoms in total. The van der Waals surface area contributed by atoms with Crippen LogP contribution in [0.2, 0.25) is 0 Å². The van der Waals surface area contributed by atoms with Crippen LogP contribution in [0.1, 0.15) is 12.5 Å². The third-order valence-corrected chi connectivity index (χ3v) is 5.39. The molecule has 1 aliphatic rings. The van der Waals surface area contributed by atoms with Gasteiger partial charge in [0.2, 0.25) is 5.91 Å². The second-order valence-corrected chi connectivity index (χ2v) is 7.11. The van der Waals surface area contributed by atoms with Crippen LogP contribution in [-0.4, -0.2) is 29.9 Å². The predicted octanol–water partition coefficient (Wildman–Crippen LogP) is 4.73. The molecule has 28 heavy (non-hydrogen) atoms. The van der Waals surface area contributed by atoms with Crippen LogP contribution in [0.4, 0.5) is 10.1 Å². The highest BCUT2D eigenvalue weighted by Gasteiger charge is 2.33. The summed E-state index contributed by atoms with van der Waals surface area (Å²) in [6.45, 7) is 3.63. The molecule has 0 spiro atoms. The topological polar surface area (TPSA) is 23.6 Å². The first kappa shape index (κ1) is 18.4. The Balaban J connectivity index is 1.58. The van der Waals surface area contributed by atoms with Gasteiger partial charge >= 0.3 is 0 Å². The van der Waals surface area contributed by atoms with E-state index in [1.165, 1.54) is 6.07 Å². The third kappa shape index (κ3) is 3.56. The summed E-state index contributed by atoms with van der Waals surface area (Å²) in [5.41, 5.74) is 3.69. The van der Waals surface area contributed by atoms with Crippen LogP contribution in [0.25, 0.3) is 11.1 Å². The molecule has 1 atom stereocenters. The molecular formula is C24H23FN2O. The lowest BCUT2D eigenvalue weighted by atomic mass is 10.0. The first-order chi connectivity index (χ1) is 13.6. The third-order valence-electron chi connectivity index (χ3n) is 5.39. The van der Waals surface area contributed by atoms with E-state index in [1.807, 2.05) is 65.3 Å². The molecule has 0 saturated carbocycles.